The van der Waals surface area contributed by atoms with E-state index in [2.05, 4.69) is 69.0 Å². The summed E-state index contributed by atoms with van der Waals surface area (Å²) in [6.07, 6.45) is 5.19. The van der Waals surface area contributed by atoms with E-state index in [-0.39, 0.29) is 0 Å². The predicted octanol–water partition coefficient (Wildman–Crippen LogP) is 5.52. The number of benzene rings is 2. The smallest absolute Gasteiger partial charge is 0.0124 e. The SMILES string of the molecule is C=CCC(c1ccc(CC)cc1)c1cccc(CC)c1. The van der Waals surface area contributed by atoms with E-state index in [4.69, 9.17) is 0 Å². The lowest BCUT2D eigenvalue weighted by Gasteiger charge is -2.17. The van der Waals surface area contributed by atoms with Crippen molar-refractivity contribution in [2.24, 2.45) is 0 Å². The molecular weight excluding hydrogens is 240 g/mol. The van der Waals surface area contributed by atoms with Gasteiger partial charge in [0.2, 0.25) is 0 Å². The van der Waals surface area contributed by atoms with Crippen LogP contribution in [0.25, 0.3) is 0 Å². The summed E-state index contributed by atoms with van der Waals surface area (Å²) < 4.78 is 0. The fourth-order valence-corrected chi connectivity index (χ4v) is 2.65. The van der Waals surface area contributed by atoms with Crippen molar-refractivity contribution in [2.75, 3.05) is 0 Å². The standard InChI is InChI=1S/C20H24/c1-4-8-20(18-13-11-16(5-2)12-14-18)19-10-7-9-17(6-3)15-19/h4,7,9-15,20H,1,5-6,8H2,2-3H3. The van der Waals surface area contributed by atoms with Crippen molar-refractivity contribution in [3.63, 3.8) is 0 Å². The highest BCUT2D eigenvalue weighted by molar-refractivity contribution is 5.36. The van der Waals surface area contributed by atoms with Gasteiger partial charge in [-0.1, -0.05) is 68.5 Å². The molecule has 2 rings (SSSR count). The van der Waals surface area contributed by atoms with Crippen molar-refractivity contribution in [3.8, 4) is 0 Å². The third-order valence-corrected chi connectivity index (χ3v) is 3.95. The maximum Gasteiger partial charge on any atom is 0.0124 e. The summed E-state index contributed by atoms with van der Waals surface area (Å²) in [7, 11) is 0. The van der Waals surface area contributed by atoms with E-state index >= 15 is 0 Å². The summed E-state index contributed by atoms with van der Waals surface area (Å²) in [4.78, 5) is 0. The molecule has 2 aromatic rings. The van der Waals surface area contributed by atoms with Crippen LogP contribution in [0.1, 0.15) is 48.4 Å². The maximum absolute atomic E-state index is 3.93. The van der Waals surface area contributed by atoms with Crippen LogP contribution in [-0.4, -0.2) is 0 Å². The van der Waals surface area contributed by atoms with Gasteiger partial charge in [-0.15, -0.1) is 6.58 Å². The molecule has 0 aliphatic carbocycles. The van der Waals surface area contributed by atoms with Crippen molar-refractivity contribution in [1.82, 2.24) is 0 Å². The summed E-state index contributed by atoms with van der Waals surface area (Å²) in [5, 5.41) is 0. The Morgan fingerprint density at radius 1 is 0.900 bits per heavy atom. The molecule has 20 heavy (non-hydrogen) atoms. The van der Waals surface area contributed by atoms with Crippen molar-refractivity contribution in [3.05, 3.63) is 83.4 Å². The maximum atomic E-state index is 3.93. The van der Waals surface area contributed by atoms with Crippen LogP contribution < -0.4 is 0 Å². The quantitative estimate of drug-likeness (QED) is 0.603. The molecule has 0 aliphatic heterocycles. The Bertz CT molecular complexity index is 549. The van der Waals surface area contributed by atoms with Gasteiger partial charge in [0.25, 0.3) is 0 Å². The van der Waals surface area contributed by atoms with Crippen molar-refractivity contribution < 1.29 is 0 Å². The zero-order valence-corrected chi connectivity index (χ0v) is 12.6. The van der Waals surface area contributed by atoms with Crippen molar-refractivity contribution in [1.29, 1.82) is 0 Å². The third kappa shape index (κ3) is 3.39. The number of hydrogen-bond acceptors (Lipinski definition) is 0. The first-order valence-electron chi connectivity index (χ1n) is 7.57. The molecule has 0 N–H and O–H groups in total. The highest BCUT2D eigenvalue weighted by atomic mass is 14.2. The normalized spacial score (nSPS) is 12.1. The minimum atomic E-state index is 0.421. The summed E-state index contributed by atoms with van der Waals surface area (Å²) >= 11 is 0. The molecule has 0 fully saturated rings. The lowest BCUT2D eigenvalue weighted by molar-refractivity contribution is 0.827. The Labute approximate surface area is 123 Å². The molecule has 2 aromatic carbocycles. The average molecular weight is 264 g/mol. The second-order valence-electron chi connectivity index (χ2n) is 5.27. The van der Waals surface area contributed by atoms with Crippen LogP contribution >= 0.6 is 0 Å². The topological polar surface area (TPSA) is 0 Å². The molecule has 0 saturated carbocycles. The number of aryl methyl sites for hydroxylation is 2. The fourth-order valence-electron chi connectivity index (χ4n) is 2.65. The molecule has 1 unspecified atom stereocenters. The van der Waals surface area contributed by atoms with E-state index in [0.29, 0.717) is 5.92 Å². The van der Waals surface area contributed by atoms with Gasteiger partial charge in [-0.2, -0.15) is 0 Å². The van der Waals surface area contributed by atoms with Crippen LogP contribution in [0.2, 0.25) is 0 Å². The predicted molar refractivity (Wildman–Crippen MR) is 88.3 cm³/mol. The van der Waals surface area contributed by atoms with Gasteiger partial charge in [-0.3, -0.25) is 0 Å². The Kier molecular flexibility index (Phi) is 5.17. The average Bonchev–Trinajstić information content (AvgIpc) is 2.53. The second-order valence-corrected chi connectivity index (χ2v) is 5.27. The van der Waals surface area contributed by atoms with Gasteiger partial charge in [0.05, 0.1) is 0 Å². The van der Waals surface area contributed by atoms with Crippen LogP contribution in [0.4, 0.5) is 0 Å². The molecule has 0 nitrogen and oxygen atoms in total. The van der Waals surface area contributed by atoms with E-state index in [1.807, 2.05) is 6.08 Å². The Balaban J connectivity index is 2.35. The van der Waals surface area contributed by atoms with E-state index in [0.717, 1.165) is 19.3 Å². The summed E-state index contributed by atoms with van der Waals surface area (Å²) in [6.45, 7) is 8.33. The molecule has 0 aliphatic rings. The van der Waals surface area contributed by atoms with Gasteiger partial charge >= 0.3 is 0 Å². The van der Waals surface area contributed by atoms with Gasteiger partial charge < -0.3 is 0 Å². The lowest BCUT2D eigenvalue weighted by atomic mass is 9.87. The molecule has 104 valence electrons. The Morgan fingerprint density at radius 3 is 2.20 bits per heavy atom. The number of rotatable bonds is 6. The van der Waals surface area contributed by atoms with Gasteiger partial charge in [-0.25, -0.2) is 0 Å². The highest BCUT2D eigenvalue weighted by Gasteiger charge is 2.12. The zero-order chi connectivity index (χ0) is 14.4. The molecule has 0 bridgehead atoms. The van der Waals surface area contributed by atoms with Gasteiger partial charge in [0.15, 0.2) is 0 Å². The van der Waals surface area contributed by atoms with Crippen LogP contribution in [0.15, 0.2) is 61.2 Å². The summed E-state index contributed by atoms with van der Waals surface area (Å²) in [5.74, 6) is 0.421. The third-order valence-electron chi connectivity index (χ3n) is 3.95. The largest absolute Gasteiger partial charge is 0.103 e. The molecule has 0 saturated heterocycles. The van der Waals surface area contributed by atoms with Crippen molar-refractivity contribution >= 4 is 0 Å². The van der Waals surface area contributed by atoms with E-state index in [9.17, 15) is 0 Å². The van der Waals surface area contributed by atoms with Crippen molar-refractivity contribution in [2.45, 2.75) is 39.0 Å². The first-order chi connectivity index (χ1) is 9.78. The van der Waals surface area contributed by atoms with Gasteiger partial charge in [0.1, 0.15) is 0 Å². The van der Waals surface area contributed by atoms with Gasteiger partial charge in [-0.05, 0) is 41.5 Å². The number of hydrogen-bond donors (Lipinski definition) is 0. The lowest BCUT2D eigenvalue weighted by Crippen LogP contribution is -2.01. The molecule has 0 radical (unpaired) electrons. The fraction of sp³-hybridized carbons (Fsp3) is 0.300. The zero-order valence-electron chi connectivity index (χ0n) is 12.6. The summed E-state index contributed by atoms with van der Waals surface area (Å²) in [6, 6.07) is 18.0. The Hall–Kier alpha value is -1.82. The Morgan fingerprint density at radius 2 is 1.60 bits per heavy atom. The van der Waals surface area contributed by atoms with Crippen LogP contribution in [0, 0.1) is 0 Å². The molecule has 1 atom stereocenters. The van der Waals surface area contributed by atoms with E-state index in [1.54, 1.807) is 0 Å². The first kappa shape index (κ1) is 14.6. The monoisotopic (exact) mass is 264 g/mol. The molecule has 0 aromatic heterocycles. The van der Waals surface area contributed by atoms with Gasteiger partial charge in [0, 0.05) is 5.92 Å². The first-order valence-corrected chi connectivity index (χ1v) is 7.57. The molecular formula is C20H24. The van der Waals surface area contributed by atoms with Crippen LogP contribution in [0.5, 0.6) is 0 Å². The van der Waals surface area contributed by atoms with E-state index < -0.39 is 0 Å². The van der Waals surface area contributed by atoms with Crippen LogP contribution in [-0.2, 0) is 12.8 Å². The molecule has 0 spiro atoms. The minimum absolute atomic E-state index is 0.421. The molecule has 0 amide bonds. The molecule has 0 heteroatoms. The highest BCUT2D eigenvalue weighted by Crippen LogP contribution is 2.29. The number of allylic oxidation sites excluding steroid dienone is 1. The van der Waals surface area contributed by atoms with Crippen LogP contribution in [0.3, 0.4) is 0 Å². The summed E-state index contributed by atoms with van der Waals surface area (Å²) in [5.41, 5.74) is 5.58. The molecule has 0 heterocycles. The van der Waals surface area contributed by atoms with E-state index in [1.165, 1.54) is 22.3 Å². The minimum Gasteiger partial charge on any atom is -0.103 e. The second kappa shape index (κ2) is 7.09.